The van der Waals surface area contributed by atoms with E-state index in [1.54, 1.807) is 28.8 Å². The highest BCUT2D eigenvalue weighted by Gasteiger charge is 2.11. The maximum atomic E-state index is 5.89. The highest BCUT2D eigenvalue weighted by Crippen LogP contribution is 2.25. The van der Waals surface area contributed by atoms with Crippen LogP contribution in [0.15, 0.2) is 48.9 Å². The summed E-state index contributed by atoms with van der Waals surface area (Å²) >= 11 is 0. The number of ether oxygens (including phenoxy) is 2. The molecule has 0 amide bonds. The van der Waals surface area contributed by atoms with Gasteiger partial charge >= 0.3 is 0 Å². The second-order valence-corrected chi connectivity index (χ2v) is 6.21. The fourth-order valence-electron chi connectivity index (χ4n) is 3.11. The molecule has 0 N–H and O–H groups in total. The molecule has 0 aliphatic rings. The third-order valence-corrected chi connectivity index (χ3v) is 4.50. The molecule has 0 unspecified atom stereocenters. The average molecular weight is 360 g/mol. The number of aromatic nitrogens is 6. The van der Waals surface area contributed by atoms with Crippen LogP contribution in [-0.2, 0) is 13.7 Å². The summed E-state index contributed by atoms with van der Waals surface area (Å²) in [5, 5.41) is 11.7. The topological polar surface area (TPSA) is 79.4 Å². The molecule has 8 heteroatoms. The summed E-state index contributed by atoms with van der Waals surface area (Å²) in [5.41, 5.74) is 1.49. The van der Waals surface area contributed by atoms with Crippen LogP contribution in [0.5, 0.6) is 11.5 Å². The summed E-state index contributed by atoms with van der Waals surface area (Å²) in [6.07, 6.45) is 3.38. The molecule has 0 saturated heterocycles. The number of aryl methyl sites for hydroxylation is 1. The van der Waals surface area contributed by atoms with Gasteiger partial charge in [0.1, 0.15) is 24.4 Å². The lowest BCUT2D eigenvalue weighted by Gasteiger charge is -2.06. The van der Waals surface area contributed by atoms with Crippen molar-refractivity contribution in [3.8, 4) is 11.5 Å². The van der Waals surface area contributed by atoms with Crippen LogP contribution in [0.1, 0.15) is 5.82 Å². The van der Waals surface area contributed by atoms with Gasteiger partial charge in [-0.25, -0.2) is 14.5 Å². The molecule has 5 rings (SSSR count). The molecule has 134 valence electrons. The number of nitrogens with zero attached hydrogens (tertiary/aromatic N) is 6. The van der Waals surface area contributed by atoms with Gasteiger partial charge in [-0.15, -0.1) is 5.10 Å². The van der Waals surface area contributed by atoms with Gasteiger partial charge in [-0.2, -0.15) is 5.10 Å². The van der Waals surface area contributed by atoms with E-state index < -0.39 is 0 Å². The second kappa shape index (κ2) is 5.94. The van der Waals surface area contributed by atoms with Crippen molar-refractivity contribution in [3.63, 3.8) is 0 Å². The minimum atomic E-state index is 0.269. The van der Waals surface area contributed by atoms with Gasteiger partial charge in [-0.1, -0.05) is 12.1 Å². The zero-order valence-corrected chi connectivity index (χ0v) is 14.8. The molecule has 27 heavy (non-hydrogen) atoms. The molecule has 3 heterocycles. The van der Waals surface area contributed by atoms with Crippen molar-refractivity contribution in [2.45, 2.75) is 6.61 Å². The Kier molecular flexibility index (Phi) is 3.43. The zero-order valence-electron chi connectivity index (χ0n) is 14.8. The number of methoxy groups -OCH3 is 1. The Labute approximate surface area is 154 Å². The summed E-state index contributed by atoms with van der Waals surface area (Å²) in [4.78, 5) is 8.93. The van der Waals surface area contributed by atoms with Gasteiger partial charge in [0, 0.05) is 7.05 Å². The fraction of sp³-hybridized carbons (Fsp3) is 0.158. The van der Waals surface area contributed by atoms with Crippen LogP contribution >= 0.6 is 0 Å². The molecule has 0 atom stereocenters. The fourth-order valence-corrected chi connectivity index (χ4v) is 3.11. The Morgan fingerprint density at radius 2 is 1.78 bits per heavy atom. The smallest absolute Gasteiger partial charge is 0.189 e. The van der Waals surface area contributed by atoms with Crippen LogP contribution < -0.4 is 9.47 Å². The average Bonchev–Trinajstić information content (AvgIpc) is 3.29. The third kappa shape index (κ3) is 2.62. The maximum absolute atomic E-state index is 5.89. The van der Waals surface area contributed by atoms with Gasteiger partial charge in [0.25, 0.3) is 0 Å². The number of fused-ring (bicyclic) bond motifs is 4. The van der Waals surface area contributed by atoms with Crippen molar-refractivity contribution >= 4 is 27.5 Å². The Morgan fingerprint density at radius 1 is 1.00 bits per heavy atom. The van der Waals surface area contributed by atoms with Crippen LogP contribution in [0.25, 0.3) is 27.5 Å². The molecule has 2 aromatic carbocycles. The molecule has 0 aliphatic heterocycles. The number of hydrogen-bond donors (Lipinski definition) is 0. The van der Waals surface area contributed by atoms with E-state index in [0.717, 1.165) is 39.0 Å². The molecular formula is C19H16N6O2. The highest BCUT2D eigenvalue weighted by atomic mass is 16.5. The first-order valence-corrected chi connectivity index (χ1v) is 8.44. The molecule has 0 spiro atoms. The minimum absolute atomic E-state index is 0.269. The van der Waals surface area contributed by atoms with Crippen molar-refractivity contribution in [1.29, 1.82) is 0 Å². The number of benzene rings is 2. The van der Waals surface area contributed by atoms with E-state index in [1.165, 1.54) is 0 Å². The lowest BCUT2D eigenvalue weighted by molar-refractivity contribution is 0.296. The summed E-state index contributed by atoms with van der Waals surface area (Å²) in [5.74, 6) is 2.18. The van der Waals surface area contributed by atoms with E-state index in [-0.39, 0.29) is 6.61 Å². The van der Waals surface area contributed by atoms with Crippen LogP contribution in [0.2, 0.25) is 0 Å². The summed E-state index contributed by atoms with van der Waals surface area (Å²) < 4.78 is 14.5. The van der Waals surface area contributed by atoms with Gasteiger partial charge in [-0.05, 0) is 35.0 Å². The quantitative estimate of drug-likeness (QED) is 0.490. The molecule has 3 aromatic heterocycles. The normalized spacial score (nSPS) is 11.5. The molecule has 0 fully saturated rings. The van der Waals surface area contributed by atoms with Crippen LogP contribution in [0.4, 0.5) is 0 Å². The first-order valence-electron chi connectivity index (χ1n) is 8.44. The molecule has 0 saturated carbocycles. The number of rotatable bonds is 4. The molecule has 0 radical (unpaired) electrons. The summed E-state index contributed by atoms with van der Waals surface area (Å²) in [6.45, 7) is 0.269. The lowest BCUT2D eigenvalue weighted by atomic mass is 10.1. The van der Waals surface area contributed by atoms with E-state index in [1.807, 2.05) is 43.4 Å². The van der Waals surface area contributed by atoms with Crippen molar-refractivity contribution < 1.29 is 9.47 Å². The molecule has 0 bridgehead atoms. The van der Waals surface area contributed by atoms with Crippen molar-refractivity contribution in [1.82, 2.24) is 29.4 Å². The molecule has 8 nitrogen and oxygen atoms in total. The van der Waals surface area contributed by atoms with Gasteiger partial charge in [0.05, 0.1) is 18.7 Å². The van der Waals surface area contributed by atoms with Gasteiger partial charge in [0.2, 0.25) is 0 Å². The Bertz CT molecular complexity index is 1290. The Morgan fingerprint density at radius 3 is 2.59 bits per heavy atom. The predicted octanol–water partition coefficient (Wildman–Crippen LogP) is 2.75. The van der Waals surface area contributed by atoms with Crippen LogP contribution in [-0.4, -0.2) is 36.5 Å². The van der Waals surface area contributed by atoms with Crippen molar-refractivity contribution in [3.05, 3.63) is 54.7 Å². The highest BCUT2D eigenvalue weighted by molar-refractivity contribution is 5.88. The van der Waals surface area contributed by atoms with Crippen molar-refractivity contribution in [2.24, 2.45) is 7.05 Å². The van der Waals surface area contributed by atoms with E-state index >= 15 is 0 Å². The maximum Gasteiger partial charge on any atom is 0.189 e. The second-order valence-electron chi connectivity index (χ2n) is 6.21. The minimum Gasteiger partial charge on any atom is -0.497 e. The zero-order chi connectivity index (χ0) is 18.4. The predicted molar refractivity (Wildman–Crippen MR) is 99.9 cm³/mol. The van der Waals surface area contributed by atoms with Crippen LogP contribution in [0.3, 0.4) is 0 Å². The summed E-state index contributed by atoms with van der Waals surface area (Å²) in [6, 6.07) is 11.9. The molecule has 0 aliphatic carbocycles. The first kappa shape index (κ1) is 15.6. The summed E-state index contributed by atoms with van der Waals surface area (Å²) in [7, 11) is 3.51. The SMILES string of the molecule is COc1ccc2cc(OCc3nc4c5cnn(C)c5ncn4n3)ccc2c1. The van der Waals surface area contributed by atoms with Gasteiger partial charge < -0.3 is 9.47 Å². The number of hydrogen-bond acceptors (Lipinski definition) is 6. The molecule has 5 aromatic rings. The standard InChI is InChI=1S/C19H16N6O2/c1-24-18-16(9-21-24)19-22-17(23-25(19)11-20-18)10-27-15-6-4-12-7-14(26-2)5-3-13(12)8-15/h3-9,11H,10H2,1-2H3. The Balaban J connectivity index is 1.42. The van der Waals surface area contributed by atoms with Crippen molar-refractivity contribution in [2.75, 3.05) is 7.11 Å². The first-order chi connectivity index (χ1) is 13.2. The Hall–Kier alpha value is -3.68. The van der Waals surface area contributed by atoms with E-state index in [2.05, 4.69) is 20.2 Å². The third-order valence-electron chi connectivity index (χ3n) is 4.50. The van der Waals surface area contributed by atoms with E-state index in [0.29, 0.717) is 5.82 Å². The van der Waals surface area contributed by atoms with E-state index in [4.69, 9.17) is 9.47 Å². The van der Waals surface area contributed by atoms with Gasteiger partial charge in [0.15, 0.2) is 17.1 Å². The lowest BCUT2D eigenvalue weighted by Crippen LogP contribution is -1.98. The van der Waals surface area contributed by atoms with Crippen LogP contribution in [0, 0.1) is 0 Å². The van der Waals surface area contributed by atoms with E-state index in [9.17, 15) is 0 Å². The monoisotopic (exact) mass is 360 g/mol. The largest absolute Gasteiger partial charge is 0.497 e. The van der Waals surface area contributed by atoms with Gasteiger partial charge in [-0.3, -0.25) is 4.68 Å². The molecular weight excluding hydrogens is 344 g/mol.